The minimum absolute atomic E-state index is 0.223. The van der Waals surface area contributed by atoms with Crippen LogP contribution in [0.4, 0.5) is 5.95 Å². The number of methoxy groups -OCH3 is 1. The molecular weight excluding hydrogens is 358 g/mol. The summed E-state index contributed by atoms with van der Waals surface area (Å²) >= 11 is 0. The number of amides is 1. The van der Waals surface area contributed by atoms with Gasteiger partial charge in [0.05, 0.1) is 7.11 Å². The van der Waals surface area contributed by atoms with Gasteiger partial charge >= 0.3 is 0 Å². The summed E-state index contributed by atoms with van der Waals surface area (Å²) in [6.45, 7) is 1.85. The number of anilines is 1. The van der Waals surface area contributed by atoms with Gasteiger partial charge in [0.1, 0.15) is 5.75 Å². The van der Waals surface area contributed by atoms with Crippen LogP contribution in [-0.4, -0.2) is 63.6 Å². The highest BCUT2D eigenvalue weighted by atomic mass is 16.5. The molecule has 0 saturated carbocycles. The normalized spacial score (nSPS) is 19.9. The summed E-state index contributed by atoms with van der Waals surface area (Å²) in [4.78, 5) is 24.6. The molecule has 1 amide bonds. The van der Waals surface area contributed by atoms with Crippen molar-refractivity contribution in [2.75, 3.05) is 33.0 Å². The zero-order valence-electron chi connectivity index (χ0n) is 16.3. The number of carbonyl (C=O) groups excluding carboxylic acids is 1. The van der Waals surface area contributed by atoms with E-state index in [2.05, 4.69) is 9.97 Å². The van der Waals surface area contributed by atoms with Crippen LogP contribution in [-0.2, 0) is 17.9 Å². The van der Waals surface area contributed by atoms with Crippen molar-refractivity contribution in [3.8, 4) is 5.75 Å². The second-order valence-corrected chi connectivity index (χ2v) is 7.34. The lowest BCUT2D eigenvalue weighted by Gasteiger charge is -2.40. The van der Waals surface area contributed by atoms with Gasteiger partial charge in [-0.3, -0.25) is 9.69 Å². The van der Waals surface area contributed by atoms with Gasteiger partial charge in [-0.15, -0.1) is 0 Å². The van der Waals surface area contributed by atoms with Crippen molar-refractivity contribution >= 4 is 11.9 Å². The smallest absolute Gasteiger partial charge is 0.256 e. The van der Waals surface area contributed by atoms with Crippen molar-refractivity contribution in [3.63, 3.8) is 0 Å². The van der Waals surface area contributed by atoms with Crippen LogP contribution in [0.25, 0.3) is 0 Å². The number of likely N-dealkylation sites (tertiary alicyclic amines) is 1. The van der Waals surface area contributed by atoms with Crippen LogP contribution >= 0.6 is 0 Å². The third-order valence-corrected chi connectivity index (χ3v) is 4.92. The fourth-order valence-corrected chi connectivity index (χ4v) is 3.61. The molecule has 2 heterocycles. The highest BCUT2D eigenvalue weighted by Crippen LogP contribution is 2.26. The van der Waals surface area contributed by atoms with Crippen molar-refractivity contribution < 1.29 is 14.6 Å². The third kappa shape index (κ3) is 4.76. The molecule has 2 aromatic rings. The Labute approximate surface area is 165 Å². The van der Waals surface area contributed by atoms with Crippen molar-refractivity contribution in [2.45, 2.75) is 31.5 Å². The maximum atomic E-state index is 13.0. The molecule has 0 bridgehead atoms. The van der Waals surface area contributed by atoms with Gasteiger partial charge in [-0.25, -0.2) is 9.97 Å². The number of hydrogen-bond donors (Lipinski definition) is 2. The average molecular weight is 385 g/mol. The van der Waals surface area contributed by atoms with E-state index in [1.165, 1.54) is 0 Å². The van der Waals surface area contributed by atoms with E-state index >= 15 is 0 Å². The second kappa shape index (κ2) is 8.53. The number of nitrogens with zero attached hydrogens (tertiary/aromatic N) is 4. The van der Waals surface area contributed by atoms with Crippen LogP contribution in [0.1, 0.15) is 24.0 Å². The molecule has 0 unspecified atom stereocenters. The molecule has 1 aromatic heterocycles. The third-order valence-electron chi connectivity index (χ3n) is 4.92. The predicted octanol–water partition coefficient (Wildman–Crippen LogP) is 1.05. The monoisotopic (exact) mass is 385 g/mol. The Morgan fingerprint density at radius 2 is 2.07 bits per heavy atom. The van der Waals surface area contributed by atoms with E-state index in [0.717, 1.165) is 23.3 Å². The lowest BCUT2D eigenvalue weighted by atomic mass is 9.90. The molecule has 1 aromatic carbocycles. The zero-order chi connectivity index (χ0) is 20.1. The van der Waals surface area contributed by atoms with Crippen LogP contribution < -0.4 is 10.5 Å². The summed E-state index contributed by atoms with van der Waals surface area (Å²) in [5.41, 5.74) is 5.96. The molecule has 150 valence electrons. The Kier molecular flexibility index (Phi) is 6.11. The molecule has 1 saturated heterocycles. The number of ether oxygens (including phenoxy) is 1. The SMILES string of the molecule is COc1cccc(CN2CCC[C@@](O)(CN(C)Cc3cnc(N)nc3)C2=O)c1. The van der Waals surface area contributed by atoms with Crippen LogP contribution in [0.3, 0.4) is 0 Å². The van der Waals surface area contributed by atoms with E-state index in [9.17, 15) is 9.90 Å². The molecule has 8 nitrogen and oxygen atoms in total. The molecule has 0 radical (unpaired) electrons. The average Bonchev–Trinajstić information content (AvgIpc) is 2.67. The van der Waals surface area contributed by atoms with Crippen LogP contribution in [0.2, 0.25) is 0 Å². The van der Waals surface area contributed by atoms with E-state index in [0.29, 0.717) is 26.1 Å². The van der Waals surface area contributed by atoms with Crippen LogP contribution in [0.5, 0.6) is 5.75 Å². The van der Waals surface area contributed by atoms with E-state index < -0.39 is 5.60 Å². The Hall–Kier alpha value is -2.71. The van der Waals surface area contributed by atoms with Gasteiger partial charge in [-0.2, -0.15) is 0 Å². The predicted molar refractivity (Wildman–Crippen MR) is 105 cm³/mol. The second-order valence-electron chi connectivity index (χ2n) is 7.34. The lowest BCUT2D eigenvalue weighted by Crippen LogP contribution is -2.57. The Morgan fingerprint density at radius 1 is 1.32 bits per heavy atom. The van der Waals surface area contributed by atoms with Gasteiger partial charge in [-0.05, 0) is 37.6 Å². The maximum Gasteiger partial charge on any atom is 0.256 e. The topological polar surface area (TPSA) is 105 Å². The number of piperidine rings is 1. The number of aliphatic hydroxyl groups is 1. The summed E-state index contributed by atoms with van der Waals surface area (Å²) in [5.74, 6) is 0.741. The number of nitrogens with two attached hydrogens (primary N) is 1. The largest absolute Gasteiger partial charge is 0.497 e. The first-order valence-corrected chi connectivity index (χ1v) is 9.29. The van der Waals surface area contributed by atoms with Gasteiger partial charge in [-0.1, -0.05) is 12.1 Å². The van der Waals surface area contributed by atoms with Gasteiger partial charge in [0.2, 0.25) is 5.95 Å². The number of carbonyl (C=O) groups is 1. The van der Waals surface area contributed by atoms with Gasteiger partial charge in [0, 0.05) is 44.1 Å². The fourth-order valence-electron chi connectivity index (χ4n) is 3.61. The number of aromatic nitrogens is 2. The Bertz CT molecular complexity index is 814. The zero-order valence-corrected chi connectivity index (χ0v) is 16.3. The van der Waals surface area contributed by atoms with Gasteiger partial charge in [0.25, 0.3) is 5.91 Å². The highest BCUT2D eigenvalue weighted by molar-refractivity contribution is 5.86. The molecule has 1 atom stereocenters. The fraction of sp³-hybridized carbons (Fsp3) is 0.450. The highest BCUT2D eigenvalue weighted by Gasteiger charge is 2.42. The number of benzene rings is 1. The molecule has 0 spiro atoms. The molecule has 1 aliphatic rings. The molecule has 3 N–H and O–H groups in total. The molecule has 0 aliphatic carbocycles. The molecule has 1 fully saturated rings. The van der Waals surface area contributed by atoms with E-state index in [-0.39, 0.29) is 18.4 Å². The molecule has 1 aliphatic heterocycles. The number of nitrogen functional groups attached to an aromatic ring is 1. The minimum atomic E-state index is -1.40. The summed E-state index contributed by atoms with van der Waals surface area (Å²) in [6.07, 6.45) is 4.51. The number of rotatable bonds is 7. The molecular formula is C20H27N5O3. The quantitative estimate of drug-likeness (QED) is 0.734. The first-order valence-electron chi connectivity index (χ1n) is 9.29. The first kappa shape index (κ1) is 20.0. The van der Waals surface area contributed by atoms with Crippen molar-refractivity contribution in [1.82, 2.24) is 19.8 Å². The van der Waals surface area contributed by atoms with Crippen molar-refractivity contribution in [2.24, 2.45) is 0 Å². The number of likely N-dealkylation sites (N-methyl/N-ethyl adjacent to an activating group) is 1. The lowest BCUT2D eigenvalue weighted by molar-refractivity contribution is -0.160. The van der Waals surface area contributed by atoms with E-state index in [1.54, 1.807) is 24.4 Å². The van der Waals surface area contributed by atoms with Crippen LogP contribution in [0, 0.1) is 0 Å². The Morgan fingerprint density at radius 3 is 2.79 bits per heavy atom. The van der Waals surface area contributed by atoms with Crippen molar-refractivity contribution in [1.29, 1.82) is 0 Å². The molecule has 8 heteroatoms. The minimum Gasteiger partial charge on any atom is -0.497 e. The van der Waals surface area contributed by atoms with Gasteiger partial charge in [0.15, 0.2) is 5.60 Å². The summed E-state index contributed by atoms with van der Waals surface area (Å²) in [5, 5.41) is 11.1. The summed E-state index contributed by atoms with van der Waals surface area (Å²) in [7, 11) is 3.48. The molecule has 3 rings (SSSR count). The van der Waals surface area contributed by atoms with E-state index in [1.807, 2.05) is 36.2 Å². The van der Waals surface area contributed by atoms with E-state index in [4.69, 9.17) is 10.5 Å². The van der Waals surface area contributed by atoms with Crippen molar-refractivity contribution in [3.05, 3.63) is 47.8 Å². The first-order chi connectivity index (χ1) is 13.4. The summed E-state index contributed by atoms with van der Waals surface area (Å²) in [6, 6.07) is 7.63. The Balaban J connectivity index is 1.64. The maximum absolute atomic E-state index is 13.0. The van der Waals surface area contributed by atoms with Crippen LogP contribution in [0.15, 0.2) is 36.7 Å². The number of hydrogen-bond acceptors (Lipinski definition) is 7. The molecule has 28 heavy (non-hydrogen) atoms. The standard InChI is InChI=1S/C20H27N5O3/c1-24(12-16-10-22-19(21)23-11-16)14-20(27)7-4-8-25(18(20)26)13-15-5-3-6-17(9-15)28-2/h3,5-6,9-11,27H,4,7-8,12-14H2,1-2H3,(H2,21,22,23)/t20-/m1/s1. The van der Waals surface area contributed by atoms with Gasteiger partial charge < -0.3 is 20.5 Å². The summed E-state index contributed by atoms with van der Waals surface area (Å²) < 4.78 is 5.25.